The first kappa shape index (κ1) is 14.0. The van der Waals surface area contributed by atoms with Crippen molar-refractivity contribution in [2.24, 2.45) is 0 Å². The number of thiophene rings is 1. The van der Waals surface area contributed by atoms with Gasteiger partial charge in [-0.2, -0.15) is 0 Å². The molecule has 1 aromatic heterocycles. The molecule has 0 aliphatic rings. The summed E-state index contributed by atoms with van der Waals surface area (Å²) in [4.78, 5) is 0. The average Bonchev–Trinajstić information content (AvgIpc) is 2.72. The van der Waals surface area contributed by atoms with Crippen LogP contribution in [0.25, 0.3) is 10.1 Å². The maximum Gasteiger partial charge on any atom is 0.215 e. The van der Waals surface area contributed by atoms with E-state index >= 15 is 0 Å². The number of nitrogens with one attached hydrogen (secondary N) is 1. The predicted octanol–water partition coefficient (Wildman–Crippen LogP) is 3.37. The van der Waals surface area contributed by atoms with Gasteiger partial charge in [0.2, 0.25) is 5.90 Å². The van der Waals surface area contributed by atoms with Gasteiger partial charge < -0.3 is 9.84 Å². The molecule has 2 N–H and O–H groups in total. The lowest BCUT2D eigenvalue weighted by Crippen LogP contribution is -2.14. The molecular formula is C12H14ClNO2S. The molecule has 5 heteroatoms. The minimum Gasteiger partial charge on any atom is -0.479 e. The lowest BCUT2D eigenvalue weighted by atomic mass is 10.1. The fourth-order valence-corrected chi connectivity index (χ4v) is 2.57. The van der Waals surface area contributed by atoms with Crippen LogP contribution in [-0.4, -0.2) is 17.6 Å². The molecule has 2 rings (SSSR count). The fourth-order valence-electron chi connectivity index (χ4n) is 1.59. The zero-order chi connectivity index (χ0) is 11.5. The Hall–Kier alpha value is -1.10. The number of aliphatic hydroxyl groups is 1. The van der Waals surface area contributed by atoms with Crippen LogP contribution >= 0.6 is 23.7 Å². The number of benzene rings is 1. The Morgan fingerprint density at radius 2 is 2.18 bits per heavy atom. The molecule has 1 atom stereocenters. The van der Waals surface area contributed by atoms with E-state index in [1.54, 1.807) is 18.3 Å². The molecule has 0 saturated heterocycles. The number of aliphatic hydroxyl groups excluding tert-OH is 1. The molecule has 0 aliphatic heterocycles. The van der Waals surface area contributed by atoms with Gasteiger partial charge >= 0.3 is 0 Å². The van der Waals surface area contributed by atoms with E-state index in [2.05, 4.69) is 0 Å². The molecule has 0 fully saturated rings. The van der Waals surface area contributed by atoms with Gasteiger partial charge in [0.1, 0.15) is 0 Å². The van der Waals surface area contributed by atoms with Crippen LogP contribution in [0.3, 0.4) is 0 Å². The zero-order valence-corrected chi connectivity index (χ0v) is 11.0. The first-order chi connectivity index (χ1) is 7.74. The maximum atomic E-state index is 9.96. The van der Waals surface area contributed by atoms with Gasteiger partial charge in [-0.15, -0.1) is 23.7 Å². The summed E-state index contributed by atoms with van der Waals surface area (Å²) in [5, 5.41) is 20.4. The minimum absolute atomic E-state index is 0. The van der Waals surface area contributed by atoms with Crippen molar-refractivity contribution in [2.45, 2.75) is 13.0 Å². The third-order valence-corrected chi connectivity index (χ3v) is 3.34. The molecule has 17 heavy (non-hydrogen) atoms. The largest absolute Gasteiger partial charge is 0.479 e. The number of rotatable bonds is 3. The highest BCUT2D eigenvalue weighted by Crippen LogP contribution is 2.30. The predicted molar refractivity (Wildman–Crippen MR) is 73.4 cm³/mol. The third kappa shape index (κ3) is 2.77. The van der Waals surface area contributed by atoms with Crippen molar-refractivity contribution < 1.29 is 9.84 Å². The Morgan fingerprint density at radius 3 is 2.88 bits per heavy atom. The van der Waals surface area contributed by atoms with E-state index in [9.17, 15) is 5.11 Å². The lowest BCUT2D eigenvalue weighted by molar-refractivity contribution is 0.192. The summed E-state index contributed by atoms with van der Waals surface area (Å²) in [7, 11) is 0. The molecule has 1 unspecified atom stereocenters. The van der Waals surface area contributed by atoms with Gasteiger partial charge in [0, 0.05) is 10.3 Å². The molecule has 2 aromatic rings. The first-order valence-corrected chi connectivity index (χ1v) is 5.97. The molecule has 0 spiro atoms. The summed E-state index contributed by atoms with van der Waals surface area (Å²) in [6, 6.07) is 7.84. The van der Waals surface area contributed by atoms with E-state index in [0.717, 1.165) is 15.6 Å². The molecule has 3 nitrogen and oxygen atoms in total. The van der Waals surface area contributed by atoms with Crippen molar-refractivity contribution in [1.82, 2.24) is 0 Å². The molecular weight excluding hydrogens is 258 g/mol. The van der Waals surface area contributed by atoms with Crippen molar-refractivity contribution in [3.63, 3.8) is 0 Å². The molecule has 1 heterocycles. The first-order valence-electron chi connectivity index (χ1n) is 5.09. The SMILES string of the molecule is CCOC(=N)C(O)c1csc2ccccc12.Cl. The molecule has 1 aromatic carbocycles. The molecule has 92 valence electrons. The summed E-state index contributed by atoms with van der Waals surface area (Å²) in [5.74, 6) is -0.0916. The summed E-state index contributed by atoms with van der Waals surface area (Å²) in [6.45, 7) is 2.20. The lowest BCUT2D eigenvalue weighted by Gasteiger charge is -2.11. The van der Waals surface area contributed by atoms with Crippen molar-refractivity contribution in [3.05, 3.63) is 35.2 Å². The van der Waals surface area contributed by atoms with E-state index in [1.807, 2.05) is 29.6 Å². The van der Waals surface area contributed by atoms with Crippen LogP contribution in [0.1, 0.15) is 18.6 Å². The van der Waals surface area contributed by atoms with Crippen LogP contribution < -0.4 is 0 Å². The van der Waals surface area contributed by atoms with Gasteiger partial charge in [0.25, 0.3) is 0 Å². The van der Waals surface area contributed by atoms with Crippen molar-refractivity contribution in [2.75, 3.05) is 6.61 Å². The highest BCUT2D eigenvalue weighted by Gasteiger charge is 2.18. The number of ether oxygens (including phenoxy) is 1. The molecule has 0 aliphatic carbocycles. The molecule has 0 saturated carbocycles. The second-order valence-corrected chi connectivity index (χ2v) is 4.30. The minimum atomic E-state index is -0.962. The number of halogens is 1. The topological polar surface area (TPSA) is 53.3 Å². The summed E-state index contributed by atoms with van der Waals surface area (Å²) < 4.78 is 6.13. The third-order valence-electron chi connectivity index (χ3n) is 2.35. The Bertz CT molecular complexity index is 512. The highest BCUT2D eigenvalue weighted by atomic mass is 35.5. The molecule has 0 radical (unpaired) electrons. The monoisotopic (exact) mass is 271 g/mol. The second-order valence-electron chi connectivity index (χ2n) is 3.39. The summed E-state index contributed by atoms with van der Waals surface area (Å²) in [6.07, 6.45) is -0.962. The van der Waals surface area contributed by atoms with Gasteiger partial charge in [0.15, 0.2) is 6.10 Å². The van der Waals surface area contributed by atoms with E-state index in [-0.39, 0.29) is 18.3 Å². The van der Waals surface area contributed by atoms with Crippen LogP contribution in [0.2, 0.25) is 0 Å². The van der Waals surface area contributed by atoms with Crippen molar-refractivity contribution in [1.29, 1.82) is 5.41 Å². The normalized spacial score (nSPS) is 11.9. The summed E-state index contributed by atoms with van der Waals surface area (Å²) in [5.41, 5.74) is 0.749. The molecule has 0 amide bonds. The summed E-state index contributed by atoms with van der Waals surface area (Å²) >= 11 is 1.57. The van der Waals surface area contributed by atoms with Crippen LogP contribution in [0.15, 0.2) is 29.6 Å². The van der Waals surface area contributed by atoms with E-state index < -0.39 is 6.10 Å². The number of fused-ring (bicyclic) bond motifs is 1. The Labute approximate surface area is 110 Å². The average molecular weight is 272 g/mol. The zero-order valence-electron chi connectivity index (χ0n) is 9.34. The maximum absolute atomic E-state index is 9.96. The van der Waals surface area contributed by atoms with Crippen LogP contribution in [0, 0.1) is 5.41 Å². The quantitative estimate of drug-likeness (QED) is 0.664. The Kier molecular flexibility index (Phi) is 4.93. The van der Waals surface area contributed by atoms with Crippen LogP contribution in [0.4, 0.5) is 0 Å². The molecule has 0 bridgehead atoms. The van der Waals surface area contributed by atoms with Crippen molar-refractivity contribution >= 4 is 39.7 Å². The van der Waals surface area contributed by atoms with Gasteiger partial charge in [-0.25, -0.2) is 0 Å². The van der Waals surface area contributed by atoms with Crippen molar-refractivity contribution in [3.8, 4) is 0 Å². The van der Waals surface area contributed by atoms with Gasteiger partial charge in [-0.05, 0) is 23.8 Å². The van der Waals surface area contributed by atoms with Crippen LogP contribution in [-0.2, 0) is 4.74 Å². The van der Waals surface area contributed by atoms with E-state index in [0.29, 0.717) is 6.61 Å². The standard InChI is InChI=1S/C12H13NO2S.ClH/c1-2-15-12(13)11(14)9-7-16-10-6-4-3-5-8(9)10;/h3-7,11,13-14H,2H2,1H3;1H. The number of hydrogen-bond acceptors (Lipinski definition) is 4. The van der Waals surface area contributed by atoms with Gasteiger partial charge in [-0.1, -0.05) is 18.2 Å². The van der Waals surface area contributed by atoms with Crippen LogP contribution in [0.5, 0.6) is 0 Å². The van der Waals surface area contributed by atoms with Gasteiger partial charge in [-0.3, -0.25) is 5.41 Å². The second kappa shape index (κ2) is 6.00. The van der Waals surface area contributed by atoms with Gasteiger partial charge in [0.05, 0.1) is 6.61 Å². The Balaban J connectivity index is 0.00000144. The smallest absolute Gasteiger partial charge is 0.215 e. The number of hydrogen-bond donors (Lipinski definition) is 2. The van der Waals surface area contributed by atoms with E-state index in [1.165, 1.54) is 0 Å². The van der Waals surface area contributed by atoms with E-state index in [4.69, 9.17) is 10.1 Å². The Morgan fingerprint density at radius 1 is 1.47 bits per heavy atom. The highest BCUT2D eigenvalue weighted by molar-refractivity contribution is 7.17. The fraction of sp³-hybridized carbons (Fsp3) is 0.250.